The molecule has 0 fully saturated rings. The fraction of sp³-hybridized carbons (Fsp3) is 0.722. The summed E-state index contributed by atoms with van der Waals surface area (Å²) in [6, 6.07) is -5.02. The fourth-order valence-corrected chi connectivity index (χ4v) is 2.83. The molecule has 0 aromatic rings. The number of carboxylic acid groups (broad SMARTS) is 1. The SMILES string of the molecule is CC(O)C(NC(=O)C(N)CCC(N)=O)C(=O)NC(CS)C(=O)NC(CCCCN)C(=O)O. The van der Waals surface area contributed by atoms with Crippen LogP contribution in [0.4, 0.5) is 0 Å². The molecule has 0 aliphatic carbocycles. The van der Waals surface area contributed by atoms with Crippen molar-refractivity contribution in [1.29, 1.82) is 0 Å². The van der Waals surface area contributed by atoms with Crippen LogP contribution in [0.3, 0.4) is 0 Å². The summed E-state index contributed by atoms with van der Waals surface area (Å²) in [6.07, 6.45) is -0.327. The Morgan fingerprint density at radius 1 is 0.938 bits per heavy atom. The zero-order chi connectivity index (χ0) is 24.8. The van der Waals surface area contributed by atoms with Crippen molar-refractivity contribution in [3.8, 4) is 0 Å². The number of rotatable bonds is 16. The van der Waals surface area contributed by atoms with E-state index in [1.165, 1.54) is 6.92 Å². The summed E-state index contributed by atoms with van der Waals surface area (Å²) in [5, 5.41) is 26.1. The van der Waals surface area contributed by atoms with E-state index in [9.17, 15) is 34.2 Å². The molecule has 0 saturated heterocycles. The minimum absolute atomic E-state index is 0.0578. The topological polar surface area (TPSA) is 240 Å². The van der Waals surface area contributed by atoms with Crippen molar-refractivity contribution in [3.63, 3.8) is 0 Å². The van der Waals surface area contributed by atoms with Gasteiger partial charge in [-0.15, -0.1) is 0 Å². The molecular weight excluding hydrogens is 444 g/mol. The van der Waals surface area contributed by atoms with E-state index in [1.807, 2.05) is 0 Å². The van der Waals surface area contributed by atoms with Gasteiger partial charge in [-0.1, -0.05) is 0 Å². The number of carbonyl (C=O) groups is 5. The monoisotopic (exact) mass is 478 g/mol. The first-order valence-electron chi connectivity index (χ1n) is 10.1. The molecule has 0 aromatic heterocycles. The van der Waals surface area contributed by atoms with Crippen LogP contribution in [0, 0.1) is 0 Å². The maximum atomic E-state index is 12.6. The fourth-order valence-electron chi connectivity index (χ4n) is 2.57. The van der Waals surface area contributed by atoms with Crippen LogP contribution in [0.15, 0.2) is 0 Å². The lowest BCUT2D eigenvalue weighted by molar-refractivity contribution is -0.142. The van der Waals surface area contributed by atoms with Crippen LogP contribution in [-0.2, 0) is 24.0 Å². The molecule has 14 heteroatoms. The number of aliphatic carboxylic acids is 1. The van der Waals surface area contributed by atoms with Crippen molar-refractivity contribution in [2.24, 2.45) is 17.2 Å². The predicted molar refractivity (Wildman–Crippen MR) is 118 cm³/mol. The minimum Gasteiger partial charge on any atom is -0.480 e. The van der Waals surface area contributed by atoms with Gasteiger partial charge in [0.2, 0.25) is 23.6 Å². The zero-order valence-electron chi connectivity index (χ0n) is 18.0. The van der Waals surface area contributed by atoms with Gasteiger partial charge in [0.15, 0.2) is 0 Å². The Morgan fingerprint density at radius 3 is 2.00 bits per heavy atom. The van der Waals surface area contributed by atoms with Crippen LogP contribution < -0.4 is 33.2 Å². The summed E-state index contributed by atoms with van der Waals surface area (Å²) in [5.74, 6) is -4.56. The van der Waals surface area contributed by atoms with Gasteiger partial charge in [-0.2, -0.15) is 12.6 Å². The second kappa shape index (κ2) is 15.4. The summed E-state index contributed by atoms with van der Waals surface area (Å²) >= 11 is 4.01. The van der Waals surface area contributed by atoms with Crippen molar-refractivity contribution in [1.82, 2.24) is 16.0 Å². The Kier molecular flexibility index (Phi) is 14.2. The number of nitrogens with two attached hydrogens (primary N) is 3. The number of aliphatic hydroxyl groups excluding tert-OH is 1. The Balaban J connectivity index is 5.08. The average Bonchev–Trinajstić information content (AvgIpc) is 2.72. The zero-order valence-corrected chi connectivity index (χ0v) is 18.8. The maximum Gasteiger partial charge on any atom is 0.326 e. The van der Waals surface area contributed by atoms with Gasteiger partial charge < -0.3 is 43.4 Å². The highest BCUT2D eigenvalue weighted by Crippen LogP contribution is 2.03. The highest BCUT2D eigenvalue weighted by atomic mass is 32.1. The summed E-state index contributed by atoms with van der Waals surface area (Å²) in [7, 11) is 0. The second-order valence-electron chi connectivity index (χ2n) is 7.27. The molecule has 0 saturated carbocycles. The number of amides is 4. The lowest BCUT2D eigenvalue weighted by Crippen LogP contribution is -2.60. The maximum absolute atomic E-state index is 12.6. The normalized spacial score (nSPS) is 15.5. The molecule has 0 aliphatic heterocycles. The summed E-state index contributed by atoms with van der Waals surface area (Å²) < 4.78 is 0. The van der Waals surface area contributed by atoms with E-state index < -0.39 is 59.9 Å². The number of hydrogen-bond acceptors (Lipinski definition) is 9. The molecule has 0 aromatic carbocycles. The van der Waals surface area contributed by atoms with Gasteiger partial charge in [-0.05, 0) is 39.2 Å². The van der Waals surface area contributed by atoms with Crippen molar-refractivity contribution in [2.45, 2.75) is 69.3 Å². The number of hydrogen-bond donors (Lipinski definition) is 9. The Hall–Kier alpha value is -2.42. The quantitative estimate of drug-likeness (QED) is 0.0790. The highest BCUT2D eigenvalue weighted by Gasteiger charge is 2.31. The molecule has 184 valence electrons. The van der Waals surface area contributed by atoms with E-state index in [2.05, 4.69) is 28.6 Å². The molecule has 0 heterocycles. The highest BCUT2D eigenvalue weighted by molar-refractivity contribution is 7.80. The number of nitrogens with one attached hydrogen (secondary N) is 3. The first kappa shape index (κ1) is 29.6. The summed E-state index contributed by atoms with van der Waals surface area (Å²) in [5.41, 5.74) is 16.0. The van der Waals surface area contributed by atoms with Crippen molar-refractivity contribution in [3.05, 3.63) is 0 Å². The standard InChI is InChI=1S/C18H34N6O7S/c1-9(25)14(24-15(27)10(20)5-6-13(21)26)17(29)23-12(8-32)16(28)22-11(18(30)31)4-2-3-7-19/h9-12,14,25,32H,2-8,19-20H2,1H3,(H2,21,26)(H,22,28)(H,23,29)(H,24,27)(H,30,31). The average molecular weight is 479 g/mol. The van der Waals surface area contributed by atoms with Crippen molar-refractivity contribution < 1.29 is 34.2 Å². The molecule has 32 heavy (non-hydrogen) atoms. The molecule has 5 atom stereocenters. The van der Waals surface area contributed by atoms with E-state index in [4.69, 9.17) is 17.2 Å². The van der Waals surface area contributed by atoms with Crippen molar-refractivity contribution in [2.75, 3.05) is 12.3 Å². The number of carboxylic acids is 1. The van der Waals surface area contributed by atoms with E-state index in [0.29, 0.717) is 19.4 Å². The Morgan fingerprint density at radius 2 is 1.53 bits per heavy atom. The van der Waals surface area contributed by atoms with Gasteiger partial charge in [-0.3, -0.25) is 19.2 Å². The Labute approximate surface area is 191 Å². The summed E-state index contributed by atoms with van der Waals surface area (Å²) in [4.78, 5) is 59.4. The third-order valence-electron chi connectivity index (χ3n) is 4.48. The molecule has 13 nitrogen and oxygen atoms in total. The van der Waals surface area contributed by atoms with E-state index in [0.717, 1.165) is 0 Å². The molecule has 11 N–H and O–H groups in total. The Bertz CT molecular complexity index is 664. The molecule has 0 spiro atoms. The van der Waals surface area contributed by atoms with Gasteiger partial charge in [0, 0.05) is 12.2 Å². The first-order valence-corrected chi connectivity index (χ1v) is 10.7. The molecular formula is C18H34N6O7S. The molecule has 0 rings (SSSR count). The van der Waals surface area contributed by atoms with Gasteiger partial charge in [-0.25, -0.2) is 4.79 Å². The third-order valence-corrected chi connectivity index (χ3v) is 4.84. The van der Waals surface area contributed by atoms with Crippen LogP contribution in [0.5, 0.6) is 0 Å². The van der Waals surface area contributed by atoms with Crippen LogP contribution in [0.1, 0.15) is 39.0 Å². The summed E-state index contributed by atoms with van der Waals surface area (Å²) in [6.45, 7) is 1.63. The number of aliphatic hydroxyl groups is 1. The molecule has 4 amide bonds. The lowest BCUT2D eigenvalue weighted by Gasteiger charge is -2.25. The number of thiol groups is 1. The molecule has 0 aliphatic rings. The van der Waals surface area contributed by atoms with E-state index in [-0.39, 0.29) is 25.0 Å². The van der Waals surface area contributed by atoms with Gasteiger partial charge in [0.1, 0.15) is 18.1 Å². The number of carbonyl (C=O) groups excluding carboxylic acids is 4. The molecule has 5 unspecified atom stereocenters. The van der Waals surface area contributed by atoms with Gasteiger partial charge >= 0.3 is 5.97 Å². The predicted octanol–water partition coefficient (Wildman–Crippen LogP) is -3.44. The third kappa shape index (κ3) is 11.3. The van der Waals surface area contributed by atoms with Gasteiger partial charge in [0.05, 0.1) is 12.1 Å². The van der Waals surface area contributed by atoms with Crippen LogP contribution in [-0.4, -0.2) is 82.4 Å². The molecule has 0 bridgehead atoms. The van der Waals surface area contributed by atoms with Crippen molar-refractivity contribution >= 4 is 42.2 Å². The smallest absolute Gasteiger partial charge is 0.326 e. The van der Waals surface area contributed by atoms with E-state index in [1.54, 1.807) is 0 Å². The van der Waals surface area contributed by atoms with Crippen LogP contribution in [0.25, 0.3) is 0 Å². The first-order chi connectivity index (χ1) is 14.9. The second-order valence-corrected chi connectivity index (χ2v) is 7.63. The largest absolute Gasteiger partial charge is 0.480 e. The van der Waals surface area contributed by atoms with Crippen LogP contribution >= 0.6 is 12.6 Å². The van der Waals surface area contributed by atoms with E-state index >= 15 is 0 Å². The van der Waals surface area contributed by atoms with Gasteiger partial charge in [0.25, 0.3) is 0 Å². The minimum atomic E-state index is -1.46. The number of unbranched alkanes of at least 4 members (excludes halogenated alkanes) is 1. The molecule has 0 radical (unpaired) electrons. The lowest BCUT2D eigenvalue weighted by atomic mass is 10.1. The van der Waals surface area contributed by atoms with Crippen LogP contribution in [0.2, 0.25) is 0 Å². The number of primary amides is 1.